The van der Waals surface area contributed by atoms with Crippen molar-refractivity contribution in [1.82, 2.24) is 5.32 Å². The van der Waals surface area contributed by atoms with Crippen LogP contribution < -0.4 is 14.8 Å². The average molecular weight is 262 g/mol. The van der Waals surface area contributed by atoms with E-state index in [-0.39, 0.29) is 0 Å². The van der Waals surface area contributed by atoms with E-state index in [9.17, 15) is 0 Å². The van der Waals surface area contributed by atoms with Gasteiger partial charge in [0.25, 0.3) is 0 Å². The summed E-state index contributed by atoms with van der Waals surface area (Å²) in [5.41, 5.74) is -0.435. The summed E-state index contributed by atoms with van der Waals surface area (Å²) in [6.07, 6.45) is 2.70. The van der Waals surface area contributed by atoms with Gasteiger partial charge >= 0.3 is 0 Å². The maximum atomic E-state index is 9.02. The van der Waals surface area contributed by atoms with Crippen molar-refractivity contribution in [3.63, 3.8) is 0 Å². The molecule has 0 saturated carbocycles. The quantitative estimate of drug-likeness (QED) is 0.732. The Kier molecular flexibility index (Phi) is 6.17. The molecule has 1 aromatic carbocycles. The number of benzene rings is 1. The van der Waals surface area contributed by atoms with Crippen molar-refractivity contribution in [2.45, 2.75) is 31.7 Å². The van der Waals surface area contributed by atoms with Crippen LogP contribution in [0.2, 0.25) is 0 Å². The highest BCUT2D eigenvalue weighted by atomic mass is 16.5. The average Bonchev–Trinajstić information content (AvgIpc) is 2.47. The van der Waals surface area contributed by atoms with Crippen LogP contribution in [0, 0.1) is 11.3 Å². The van der Waals surface area contributed by atoms with Gasteiger partial charge in [-0.3, -0.25) is 0 Å². The Balaban J connectivity index is 2.26. The number of ether oxygens (including phenoxy) is 2. The smallest absolute Gasteiger partial charge is 0.122 e. The van der Waals surface area contributed by atoms with Crippen LogP contribution in [0.1, 0.15) is 26.2 Å². The molecule has 1 unspecified atom stereocenters. The fraction of sp³-hybridized carbons (Fsp3) is 0.533. The number of hydrogen-bond acceptors (Lipinski definition) is 4. The SMILES string of the molecule is CNC(C)(C#N)CCCCOc1cccc(OC)c1. The molecular formula is C15H22N2O2. The Morgan fingerprint density at radius 1 is 1.32 bits per heavy atom. The van der Waals surface area contributed by atoms with Crippen LogP contribution in [0.25, 0.3) is 0 Å². The zero-order valence-corrected chi connectivity index (χ0v) is 11.9. The van der Waals surface area contributed by atoms with Crippen LogP contribution >= 0.6 is 0 Å². The van der Waals surface area contributed by atoms with Gasteiger partial charge in [-0.2, -0.15) is 5.26 Å². The highest BCUT2D eigenvalue weighted by Crippen LogP contribution is 2.19. The maximum absolute atomic E-state index is 9.02. The Labute approximate surface area is 115 Å². The zero-order chi connectivity index (χ0) is 14.1. The number of nitriles is 1. The van der Waals surface area contributed by atoms with E-state index in [4.69, 9.17) is 14.7 Å². The summed E-state index contributed by atoms with van der Waals surface area (Å²) in [6, 6.07) is 9.86. The van der Waals surface area contributed by atoms with E-state index in [1.54, 1.807) is 7.11 Å². The lowest BCUT2D eigenvalue weighted by atomic mass is 9.97. The predicted molar refractivity (Wildman–Crippen MR) is 75.4 cm³/mol. The fourth-order valence-corrected chi connectivity index (χ4v) is 1.70. The predicted octanol–water partition coefficient (Wildman–Crippen LogP) is 2.75. The molecule has 4 nitrogen and oxygen atoms in total. The number of nitrogens with one attached hydrogen (secondary N) is 1. The molecule has 4 heteroatoms. The van der Waals surface area contributed by atoms with Gasteiger partial charge in [0.15, 0.2) is 0 Å². The molecule has 0 heterocycles. The molecule has 0 saturated heterocycles. The monoisotopic (exact) mass is 262 g/mol. The van der Waals surface area contributed by atoms with Crippen LogP contribution in [0.4, 0.5) is 0 Å². The van der Waals surface area contributed by atoms with Crippen LogP contribution in [-0.4, -0.2) is 26.3 Å². The van der Waals surface area contributed by atoms with Crippen molar-refractivity contribution in [1.29, 1.82) is 5.26 Å². The minimum atomic E-state index is -0.435. The standard InChI is InChI=1S/C15H22N2O2/c1-15(12-16,17-2)9-4-5-10-19-14-8-6-7-13(11-14)18-3/h6-8,11,17H,4-5,9-10H2,1-3H3. The molecule has 0 amide bonds. The molecule has 1 aromatic rings. The molecule has 0 aromatic heterocycles. The third kappa shape index (κ3) is 5.19. The van der Waals surface area contributed by atoms with Gasteiger partial charge in [-0.1, -0.05) is 6.07 Å². The minimum absolute atomic E-state index is 0.435. The maximum Gasteiger partial charge on any atom is 0.122 e. The van der Waals surface area contributed by atoms with Gasteiger partial charge in [0.1, 0.15) is 17.0 Å². The molecule has 1 N–H and O–H groups in total. The first-order chi connectivity index (χ1) is 9.13. The summed E-state index contributed by atoms with van der Waals surface area (Å²) in [4.78, 5) is 0. The molecule has 0 aliphatic rings. The highest BCUT2D eigenvalue weighted by Gasteiger charge is 2.19. The molecule has 0 fully saturated rings. The molecule has 0 bridgehead atoms. The molecule has 0 aliphatic carbocycles. The van der Waals surface area contributed by atoms with Crippen LogP contribution in [0.3, 0.4) is 0 Å². The van der Waals surface area contributed by atoms with Gasteiger partial charge in [0.05, 0.1) is 19.8 Å². The first-order valence-corrected chi connectivity index (χ1v) is 6.50. The van der Waals surface area contributed by atoms with E-state index >= 15 is 0 Å². The topological polar surface area (TPSA) is 54.3 Å². The second-order valence-corrected chi connectivity index (χ2v) is 4.68. The van der Waals surface area contributed by atoms with Gasteiger partial charge < -0.3 is 14.8 Å². The largest absolute Gasteiger partial charge is 0.497 e. The Hall–Kier alpha value is -1.73. The van der Waals surface area contributed by atoms with Gasteiger partial charge in [0.2, 0.25) is 0 Å². The lowest BCUT2D eigenvalue weighted by molar-refractivity contribution is 0.295. The van der Waals surface area contributed by atoms with E-state index in [0.717, 1.165) is 30.8 Å². The fourth-order valence-electron chi connectivity index (χ4n) is 1.70. The van der Waals surface area contributed by atoms with Gasteiger partial charge in [0, 0.05) is 6.07 Å². The van der Waals surface area contributed by atoms with Gasteiger partial charge in [-0.05, 0) is 45.4 Å². The van der Waals surface area contributed by atoms with Crippen molar-refractivity contribution in [2.75, 3.05) is 20.8 Å². The van der Waals surface area contributed by atoms with Gasteiger partial charge in [-0.15, -0.1) is 0 Å². The van der Waals surface area contributed by atoms with E-state index in [1.807, 2.05) is 38.2 Å². The highest BCUT2D eigenvalue weighted by molar-refractivity contribution is 5.32. The number of nitrogens with zero attached hydrogens (tertiary/aromatic N) is 1. The Morgan fingerprint density at radius 2 is 2.05 bits per heavy atom. The van der Waals surface area contributed by atoms with E-state index in [1.165, 1.54) is 0 Å². The molecule has 1 atom stereocenters. The van der Waals surface area contributed by atoms with Crippen molar-refractivity contribution < 1.29 is 9.47 Å². The van der Waals surface area contributed by atoms with Crippen LogP contribution in [0.5, 0.6) is 11.5 Å². The lowest BCUT2D eigenvalue weighted by Gasteiger charge is -2.20. The van der Waals surface area contributed by atoms with E-state index < -0.39 is 5.54 Å². The third-order valence-corrected chi connectivity index (χ3v) is 3.18. The van der Waals surface area contributed by atoms with E-state index in [0.29, 0.717) is 6.61 Å². The van der Waals surface area contributed by atoms with Crippen LogP contribution in [0.15, 0.2) is 24.3 Å². The first-order valence-electron chi connectivity index (χ1n) is 6.50. The van der Waals surface area contributed by atoms with Crippen molar-refractivity contribution >= 4 is 0 Å². The summed E-state index contributed by atoms with van der Waals surface area (Å²) >= 11 is 0. The van der Waals surface area contributed by atoms with Crippen LogP contribution in [-0.2, 0) is 0 Å². The van der Waals surface area contributed by atoms with Crippen molar-refractivity contribution in [3.05, 3.63) is 24.3 Å². The molecule has 19 heavy (non-hydrogen) atoms. The summed E-state index contributed by atoms with van der Waals surface area (Å²) in [5.74, 6) is 1.61. The molecule has 1 rings (SSSR count). The number of unbranched alkanes of at least 4 members (excludes halogenated alkanes) is 1. The minimum Gasteiger partial charge on any atom is -0.497 e. The summed E-state index contributed by atoms with van der Waals surface area (Å²) in [6.45, 7) is 2.56. The second kappa shape index (κ2) is 7.65. The summed E-state index contributed by atoms with van der Waals surface area (Å²) < 4.78 is 10.8. The zero-order valence-electron chi connectivity index (χ0n) is 11.9. The molecule has 0 spiro atoms. The molecule has 0 aliphatic heterocycles. The van der Waals surface area contributed by atoms with Gasteiger partial charge in [-0.25, -0.2) is 0 Å². The molecule has 0 radical (unpaired) electrons. The Morgan fingerprint density at radius 3 is 2.68 bits per heavy atom. The third-order valence-electron chi connectivity index (χ3n) is 3.18. The Bertz CT molecular complexity index is 428. The number of rotatable bonds is 8. The van der Waals surface area contributed by atoms with Crippen molar-refractivity contribution in [2.24, 2.45) is 0 Å². The second-order valence-electron chi connectivity index (χ2n) is 4.68. The summed E-state index contributed by atoms with van der Waals surface area (Å²) in [5, 5.41) is 12.1. The molecule has 104 valence electrons. The number of hydrogen-bond donors (Lipinski definition) is 1. The number of methoxy groups -OCH3 is 1. The van der Waals surface area contributed by atoms with Crippen molar-refractivity contribution in [3.8, 4) is 17.6 Å². The first kappa shape index (κ1) is 15.3. The van der Waals surface area contributed by atoms with E-state index in [2.05, 4.69) is 11.4 Å². The lowest BCUT2D eigenvalue weighted by Crippen LogP contribution is -2.37. The summed E-state index contributed by atoms with van der Waals surface area (Å²) in [7, 11) is 3.45. The normalized spacial score (nSPS) is 13.4. The molecular weight excluding hydrogens is 240 g/mol.